The second kappa shape index (κ2) is 6.24. The van der Waals surface area contributed by atoms with Gasteiger partial charge in [-0.1, -0.05) is 6.42 Å². The first-order chi connectivity index (χ1) is 9.06. The van der Waals surface area contributed by atoms with Crippen LogP contribution in [0.25, 0.3) is 0 Å². The molecule has 2 nitrogen and oxygen atoms in total. The van der Waals surface area contributed by atoms with Crippen LogP contribution in [0.3, 0.4) is 0 Å². The van der Waals surface area contributed by atoms with Crippen LogP contribution in [-0.4, -0.2) is 23.3 Å². The molecule has 2 rings (SSSR count). The van der Waals surface area contributed by atoms with Crippen molar-refractivity contribution in [2.75, 3.05) is 6.54 Å². The lowest BCUT2D eigenvalue weighted by Gasteiger charge is -2.35. The van der Waals surface area contributed by atoms with Gasteiger partial charge in [-0.2, -0.15) is 0 Å². The number of carbonyl (C=O) groups excluding carboxylic acids is 1. The molecule has 0 bridgehead atoms. The second-order valence-electron chi connectivity index (χ2n) is 5.26. The Morgan fingerprint density at radius 3 is 2.89 bits per heavy atom. The average Bonchev–Trinajstić information content (AvgIpc) is 2.35. The van der Waals surface area contributed by atoms with Crippen molar-refractivity contribution >= 4 is 5.78 Å². The lowest BCUT2D eigenvalue weighted by Crippen LogP contribution is -2.40. The molecule has 0 aliphatic carbocycles. The van der Waals surface area contributed by atoms with E-state index in [1.165, 1.54) is 6.07 Å². The summed E-state index contributed by atoms with van der Waals surface area (Å²) in [6, 6.07) is 3.69. The lowest BCUT2D eigenvalue weighted by molar-refractivity contribution is -0.118. The summed E-state index contributed by atoms with van der Waals surface area (Å²) in [5, 5.41) is 0. The van der Waals surface area contributed by atoms with Gasteiger partial charge in [-0.15, -0.1) is 0 Å². The fraction of sp³-hybridized carbons (Fsp3) is 0.533. The van der Waals surface area contributed by atoms with Crippen LogP contribution >= 0.6 is 0 Å². The van der Waals surface area contributed by atoms with Gasteiger partial charge in [0.1, 0.15) is 17.4 Å². The molecule has 1 saturated heterocycles. The van der Waals surface area contributed by atoms with Crippen LogP contribution in [0.1, 0.15) is 38.2 Å². The molecule has 1 unspecified atom stereocenters. The number of nitrogens with zero attached hydrogens (tertiary/aromatic N) is 1. The molecule has 1 aromatic rings. The summed E-state index contributed by atoms with van der Waals surface area (Å²) in [5.41, 5.74) is 0.371. The van der Waals surface area contributed by atoms with Crippen molar-refractivity contribution in [2.45, 2.75) is 45.2 Å². The fourth-order valence-electron chi connectivity index (χ4n) is 2.71. The van der Waals surface area contributed by atoms with E-state index in [0.717, 1.165) is 37.9 Å². The highest BCUT2D eigenvalue weighted by molar-refractivity contribution is 5.76. The first-order valence-corrected chi connectivity index (χ1v) is 6.73. The SMILES string of the molecule is CC(=O)CC1CCCCN1Cc1cc(F)ccc1F. The number of halogens is 2. The van der Waals surface area contributed by atoms with Crippen LogP contribution in [0.4, 0.5) is 8.78 Å². The van der Waals surface area contributed by atoms with Crippen molar-refractivity contribution in [3.05, 3.63) is 35.4 Å². The van der Waals surface area contributed by atoms with Gasteiger partial charge in [-0.25, -0.2) is 8.78 Å². The Hall–Kier alpha value is -1.29. The molecule has 0 saturated carbocycles. The maximum absolute atomic E-state index is 13.7. The molecule has 1 heterocycles. The predicted octanol–water partition coefficient (Wildman–Crippen LogP) is 3.30. The van der Waals surface area contributed by atoms with Crippen LogP contribution in [-0.2, 0) is 11.3 Å². The number of ketones is 1. The summed E-state index contributed by atoms with van der Waals surface area (Å²) < 4.78 is 26.8. The number of Topliss-reactive ketones (excluding diaryl/α,β-unsaturated/α-hetero) is 1. The van der Waals surface area contributed by atoms with E-state index in [4.69, 9.17) is 0 Å². The van der Waals surface area contributed by atoms with E-state index in [9.17, 15) is 13.6 Å². The summed E-state index contributed by atoms with van der Waals surface area (Å²) in [7, 11) is 0. The highest BCUT2D eigenvalue weighted by Gasteiger charge is 2.24. The fourth-order valence-corrected chi connectivity index (χ4v) is 2.71. The smallest absolute Gasteiger partial charge is 0.131 e. The summed E-state index contributed by atoms with van der Waals surface area (Å²) in [5.74, 6) is -0.651. The Bertz CT molecular complexity index is 461. The van der Waals surface area contributed by atoms with Gasteiger partial charge in [-0.3, -0.25) is 9.69 Å². The Morgan fingerprint density at radius 2 is 2.16 bits per heavy atom. The number of hydrogen-bond donors (Lipinski definition) is 0. The van der Waals surface area contributed by atoms with Crippen molar-refractivity contribution in [3.63, 3.8) is 0 Å². The Labute approximate surface area is 112 Å². The van der Waals surface area contributed by atoms with Gasteiger partial charge in [0.25, 0.3) is 0 Å². The zero-order valence-electron chi connectivity index (χ0n) is 11.2. The Kier molecular flexibility index (Phi) is 4.64. The average molecular weight is 267 g/mol. The summed E-state index contributed by atoms with van der Waals surface area (Å²) in [6.07, 6.45) is 3.60. The first kappa shape index (κ1) is 14.1. The molecule has 1 atom stereocenters. The lowest BCUT2D eigenvalue weighted by atomic mass is 9.97. The molecule has 0 aromatic heterocycles. The van der Waals surface area contributed by atoms with E-state index >= 15 is 0 Å². The standard InChI is InChI=1S/C15H19F2NO/c1-11(19)8-14-4-2-3-7-18(14)10-12-9-13(16)5-6-15(12)17/h5-6,9,14H,2-4,7-8,10H2,1H3. The number of benzene rings is 1. The van der Waals surface area contributed by atoms with Crippen molar-refractivity contribution in [1.82, 2.24) is 4.90 Å². The van der Waals surface area contributed by atoms with Crippen LogP contribution in [0.5, 0.6) is 0 Å². The molecule has 0 N–H and O–H groups in total. The minimum atomic E-state index is -0.420. The monoisotopic (exact) mass is 267 g/mol. The predicted molar refractivity (Wildman–Crippen MR) is 69.7 cm³/mol. The topological polar surface area (TPSA) is 20.3 Å². The molecule has 104 valence electrons. The second-order valence-corrected chi connectivity index (χ2v) is 5.26. The molecule has 0 spiro atoms. The van der Waals surface area contributed by atoms with Crippen molar-refractivity contribution in [1.29, 1.82) is 0 Å². The first-order valence-electron chi connectivity index (χ1n) is 6.73. The third kappa shape index (κ3) is 3.83. The number of rotatable bonds is 4. The van der Waals surface area contributed by atoms with Gasteiger partial charge >= 0.3 is 0 Å². The highest BCUT2D eigenvalue weighted by atomic mass is 19.1. The largest absolute Gasteiger partial charge is 0.300 e. The zero-order chi connectivity index (χ0) is 13.8. The molecular weight excluding hydrogens is 248 g/mol. The minimum absolute atomic E-state index is 0.150. The zero-order valence-corrected chi connectivity index (χ0v) is 11.2. The third-order valence-electron chi connectivity index (χ3n) is 3.65. The number of hydrogen-bond acceptors (Lipinski definition) is 2. The van der Waals surface area contributed by atoms with Crippen LogP contribution in [0, 0.1) is 11.6 Å². The molecule has 1 aliphatic rings. The minimum Gasteiger partial charge on any atom is -0.300 e. The molecule has 0 amide bonds. The van der Waals surface area contributed by atoms with Gasteiger partial charge in [0.2, 0.25) is 0 Å². The Morgan fingerprint density at radius 1 is 1.37 bits per heavy atom. The Balaban J connectivity index is 2.10. The van der Waals surface area contributed by atoms with E-state index < -0.39 is 5.82 Å². The third-order valence-corrected chi connectivity index (χ3v) is 3.65. The van der Waals surface area contributed by atoms with E-state index in [2.05, 4.69) is 4.90 Å². The number of piperidine rings is 1. The molecular formula is C15H19F2NO. The molecule has 0 radical (unpaired) electrons. The van der Waals surface area contributed by atoms with Gasteiger partial charge in [0.05, 0.1) is 0 Å². The molecule has 1 aromatic carbocycles. The van der Waals surface area contributed by atoms with Gasteiger partial charge in [0.15, 0.2) is 0 Å². The molecule has 1 fully saturated rings. The quantitative estimate of drug-likeness (QED) is 0.834. The summed E-state index contributed by atoms with van der Waals surface area (Å²) in [6.45, 7) is 2.80. The maximum atomic E-state index is 13.7. The van der Waals surface area contributed by atoms with E-state index in [0.29, 0.717) is 18.5 Å². The van der Waals surface area contributed by atoms with Crippen LogP contribution < -0.4 is 0 Å². The molecule has 19 heavy (non-hydrogen) atoms. The van der Waals surface area contributed by atoms with Gasteiger partial charge in [-0.05, 0) is 44.5 Å². The van der Waals surface area contributed by atoms with Gasteiger partial charge < -0.3 is 0 Å². The van der Waals surface area contributed by atoms with E-state index in [1.807, 2.05) is 0 Å². The van der Waals surface area contributed by atoms with Crippen molar-refractivity contribution < 1.29 is 13.6 Å². The summed E-state index contributed by atoms with van der Waals surface area (Å²) >= 11 is 0. The van der Waals surface area contributed by atoms with Gasteiger partial charge in [0, 0.05) is 24.6 Å². The van der Waals surface area contributed by atoms with E-state index in [1.54, 1.807) is 6.92 Å². The van der Waals surface area contributed by atoms with Crippen molar-refractivity contribution in [2.24, 2.45) is 0 Å². The highest BCUT2D eigenvalue weighted by Crippen LogP contribution is 2.23. The number of likely N-dealkylation sites (tertiary alicyclic amines) is 1. The van der Waals surface area contributed by atoms with Crippen LogP contribution in [0.2, 0.25) is 0 Å². The van der Waals surface area contributed by atoms with E-state index in [-0.39, 0.29) is 17.6 Å². The summed E-state index contributed by atoms with van der Waals surface area (Å²) in [4.78, 5) is 13.4. The molecule has 1 aliphatic heterocycles. The number of carbonyl (C=O) groups is 1. The molecule has 4 heteroatoms. The van der Waals surface area contributed by atoms with Crippen LogP contribution in [0.15, 0.2) is 18.2 Å². The van der Waals surface area contributed by atoms with Crippen molar-refractivity contribution in [3.8, 4) is 0 Å². The maximum Gasteiger partial charge on any atom is 0.131 e. The normalized spacial score (nSPS) is 20.5.